The Morgan fingerprint density at radius 2 is 2.43 bits per heavy atom. The third-order valence-electron chi connectivity index (χ3n) is 2.49. The fourth-order valence-electron chi connectivity index (χ4n) is 1.74. The van der Waals surface area contributed by atoms with E-state index in [1.54, 1.807) is 18.3 Å². The molecule has 0 spiro atoms. The lowest BCUT2D eigenvalue weighted by Crippen LogP contribution is -2.42. The fourth-order valence-corrected chi connectivity index (χ4v) is 2.56. The van der Waals surface area contributed by atoms with Crippen LogP contribution in [0.25, 0.3) is 0 Å². The number of nitrogens with one attached hydrogen (secondary N) is 1. The fraction of sp³-hybridized carbons (Fsp3) is 0.556. The van der Waals surface area contributed by atoms with Gasteiger partial charge in [0.2, 0.25) is 5.91 Å². The maximum absolute atomic E-state index is 10.8. The third-order valence-corrected chi connectivity index (χ3v) is 3.48. The quantitative estimate of drug-likeness (QED) is 0.770. The minimum atomic E-state index is 0.0530. The zero-order valence-corrected chi connectivity index (χ0v) is 8.80. The molecule has 1 aliphatic rings. The molecular formula is C9H13N3OS. The van der Waals surface area contributed by atoms with E-state index in [2.05, 4.69) is 10.3 Å². The summed E-state index contributed by atoms with van der Waals surface area (Å²) in [5.74, 6) is 0.596. The van der Waals surface area contributed by atoms with Crippen molar-refractivity contribution in [3.63, 3.8) is 0 Å². The molecule has 14 heavy (non-hydrogen) atoms. The summed E-state index contributed by atoms with van der Waals surface area (Å²) >= 11 is 1.55. The van der Waals surface area contributed by atoms with E-state index in [0.717, 1.165) is 12.8 Å². The minimum absolute atomic E-state index is 0.0530. The number of hydrogen-bond donors (Lipinski definition) is 2. The molecular weight excluding hydrogens is 198 g/mol. The number of rotatable bonds is 2. The Morgan fingerprint density at radius 1 is 1.71 bits per heavy atom. The van der Waals surface area contributed by atoms with Gasteiger partial charge in [-0.15, -0.1) is 11.3 Å². The summed E-state index contributed by atoms with van der Waals surface area (Å²) in [6.07, 6.45) is 3.87. The lowest BCUT2D eigenvalue weighted by molar-refractivity contribution is -0.120. The molecule has 76 valence electrons. The van der Waals surface area contributed by atoms with Gasteiger partial charge in [0.05, 0.1) is 0 Å². The molecule has 0 unspecified atom stereocenters. The molecule has 2 rings (SSSR count). The zero-order valence-electron chi connectivity index (χ0n) is 7.99. The standard InChI is InChI=1S/C9H13N3OS/c1-5(13)12-7-2-6(3-7)8-4-11-9(10)14-8/h4,6-7H,2-3H2,1H3,(H2,10,11)(H,12,13). The monoisotopic (exact) mass is 211 g/mol. The van der Waals surface area contributed by atoms with Crippen LogP contribution in [-0.4, -0.2) is 16.9 Å². The Labute approximate surface area is 86.5 Å². The number of nitrogens with two attached hydrogens (primary N) is 1. The van der Waals surface area contributed by atoms with Gasteiger partial charge in [-0.05, 0) is 18.8 Å². The Balaban J connectivity index is 1.86. The molecule has 1 amide bonds. The first kappa shape index (κ1) is 9.45. The van der Waals surface area contributed by atoms with Crippen molar-refractivity contribution in [2.24, 2.45) is 0 Å². The van der Waals surface area contributed by atoms with Gasteiger partial charge in [-0.3, -0.25) is 4.79 Å². The van der Waals surface area contributed by atoms with Crippen molar-refractivity contribution in [2.45, 2.75) is 31.7 Å². The van der Waals surface area contributed by atoms with Crippen LogP contribution < -0.4 is 11.1 Å². The molecule has 1 aromatic rings. The molecule has 1 heterocycles. The first-order valence-electron chi connectivity index (χ1n) is 4.63. The molecule has 1 aromatic heterocycles. The molecule has 1 fully saturated rings. The number of nitrogen functional groups attached to an aromatic ring is 1. The van der Waals surface area contributed by atoms with Crippen molar-refractivity contribution >= 4 is 22.4 Å². The number of aromatic nitrogens is 1. The van der Waals surface area contributed by atoms with Gasteiger partial charge in [0.25, 0.3) is 0 Å². The molecule has 0 radical (unpaired) electrons. The van der Waals surface area contributed by atoms with Crippen LogP contribution in [0.2, 0.25) is 0 Å². The normalized spacial score (nSPS) is 25.5. The molecule has 0 atom stereocenters. The van der Waals surface area contributed by atoms with Crippen LogP contribution >= 0.6 is 11.3 Å². The molecule has 0 aromatic carbocycles. The first-order chi connectivity index (χ1) is 6.65. The minimum Gasteiger partial charge on any atom is -0.375 e. The second-order valence-corrected chi connectivity index (χ2v) is 4.76. The summed E-state index contributed by atoms with van der Waals surface area (Å²) in [5.41, 5.74) is 5.55. The van der Waals surface area contributed by atoms with Crippen LogP contribution in [0.15, 0.2) is 6.20 Å². The van der Waals surface area contributed by atoms with Gasteiger partial charge < -0.3 is 11.1 Å². The lowest BCUT2D eigenvalue weighted by Gasteiger charge is -2.34. The Morgan fingerprint density at radius 3 is 2.93 bits per heavy atom. The highest BCUT2D eigenvalue weighted by molar-refractivity contribution is 7.15. The summed E-state index contributed by atoms with van der Waals surface area (Å²) in [7, 11) is 0. The van der Waals surface area contributed by atoms with Crippen molar-refractivity contribution in [1.29, 1.82) is 0 Å². The van der Waals surface area contributed by atoms with Crippen molar-refractivity contribution in [3.8, 4) is 0 Å². The maximum atomic E-state index is 10.8. The zero-order chi connectivity index (χ0) is 10.1. The molecule has 1 aliphatic carbocycles. The number of hydrogen-bond acceptors (Lipinski definition) is 4. The number of carbonyl (C=O) groups is 1. The van der Waals surface area contributed by atoms with E-state index < -0.39 is 0 Å². The van der Waals surface area contributed by atoms with Crippen molar-refractivity contribution in [1.82, 2.24) is 10.3 Å². The van der Waals surface area contributed by atoms with Crippen molar-refractivity contribution in [3.05, 3.63) is 11.1 Å². The summed E-state index contributed by atoms with van der Waals surface area (Å²) in [6, 6.07) is 0.348. The van der Waals surface area contributed by atoms with Crippen LogP contribution in [-0.2, 0) is 4.79 Å². The number of nitrogens with zero attached hydrogens (tertiary/aromatic N) is 1. The van der Waals surface area contributed by atoms with Crippen LogP contribution in [0.3, 0.4) is 0 Å². The first-order valence-corrected chi connectivity index (χ1v) is 5.45. The maximum Gasteiger partial charge on any atom is 0.217 e. The molecule has 4 nitrogen and oxygen atoms in total. The Kier molecular flexibility index (Phi) is 2.41. The largest absolute Gasteiger partial charge is 0.375 e. The predicted molar refractivity (Wildman–Crippen MR) is 56.1 cm³/mol. The second kappa shape index (κ2) is 3.57. The van der Waals surface area contributed by atoms with Crippen molar-refractivity contribution in [2.75, 3.05) is 5.73 Å². The van der Waals surface area contributed by atoms with Crippen LogP contribution in [0, 0.1) is 0 Å². The van der Waals surface area contributed by atoms with E-state index in [4.69, 9.17) is 5.73 Å². The molecule has 1 saturated carbocycles. The molecule has 0 saturated heterocycles. The number of thiazole rings is 1. The highest BCUT2D eigenvalue weighted by Crippen LogP contribution is 2.39. The van der Waals surface area contributed by atoms with E-state index in [1.807, 2.05) is 6.20 Å². The molecule has 0 aliphatic heterocycles. The number of amides is 1. The van der Waals surface area contributed by atoms with Crippen LogP contribution in [0.4, 0.5) is 5.13 Å². The highest BCUT2D eigenvalue weighted by Gasteiger charge is 2.31. The van der Waals surface area contributed by atoms with Crippen LogP contribution in [0.5, 0.6) is 0 Å². The molecule has 5 heteroatoms. The van der Waals surface area contributed by atoms with E-state index in [0.29, 0.717) is 17.1 Å². The van der Waals surface area contributed by atoms with Gasteiger partial charge in [-0.25, -0.2) is 4.98 Å². The van der Waals surface area contributed by atoms with Gasteiger partial charge >= 0.3 is 0 Å². The van der Waals surface area contributed by atoms with Gasteiger partial charge in [-0.2, -0.15) is 0 Å². The van der Waals surface area contributed by atoms with Gasteiger partial charge in [0.15, 0.2) is 5.13 Å². The topological polar surface area (TPSA) is 68.0 Å². The number of carbonyl (C=O) groups excluding carboxylic acids is 1. The molecule has 0 bridgehead atoms. The van der Waals surface area contributed by atoms with E-state index in [-0.39, 0.29) is 5.91 Å². The van der Waals surface area contributed by atoms with E-state index in [9.17, 15) is 4.79 Å². The smallest absolute Gasteiger partial charge is 0.217 e. The predicted octanol–water partition coefficient (Wildman–Crippen LogP) is 1.11. The van der Waals surface area contributed by atoms with E-state index in [1.165, 1.54) is 4.88 Å². The third kappa shape index (κ3) is 1.87. The SMILES string of the molecule is CC(=O)NC1CC(c2cnc(N)s2)C1. The van der Waals surface area contributed by atoms with Gasteiger partial charge in [0.1, 0.15) is 0 Å². The summed E-state index contributed by atoms with van der Waals surface area (Å²) in [4.78, 5) is 16.0. The summed E-state index contributed by atoms with van der Waals surface area (Å²) < 4.78 is 0. The lowest BCUT2D eigenvalue weighted by atomic mass is 9.79. The van der Waals surface area contributed by atoms with E-state index >= 15 is 0 Å². The Hall–Kier alpha value is -1.10. The van der Waals surface area contributed by atoms with Crippen LogP contribution in [0.1, 0.15) is 30.6 Å². The second-order valence-electron chi connectivity index (χ2n) is 3.67. The highest BCUT2D eigenvalue weighted by atomic mass is 32.1. The number of anilines is 1. The van der Waals surface area contributed by atoms with Gasteiger partial charge in [0, 0.05) is 24.0 Å². The van der Waals surface area contributed by atoms with Crippen molar-refractivity contribution < 1.29 is 4.79 Å². The Bertz CT molecular complexity index is 344. The average molecular weight is 211 g/mol. The summed E-state index contributed by atoms with van der Waals surface area (Å²) in [6.45, 7) is 1.55. The van der Waals surface area contributed by atoms with Gasteiger partial charge in [-0.1, -0.05) is 0 Å². The summed E-state index contributed by atoms with van der Waals surface area (Å²) in [5, 5.41) is 3.53. The molecule has 3 N–H and O–H groups in total. The average Bonchev–Trinajstić information content (AvgIpc) is 2.42.